The largest absolute Gasteiger partial charge is 0.415 e. The van der Waals surface area contributed by atoms with Crippen LogP contribution in [0.1, 0.15) is 15.9 Å². The summed E-state index contributed by atoms with van der Waals surface area (Å²) in [5, 5.41) is 0. The number of hydrogen-bond acceptors (Lipinski definition) is 3. The van der Waals surface area contributed by atoms with Gasteiger partial charge in [0, 0.05) is 18.2 Å². The molecular formula is C18H15NO3. The van der Waals surface area contributed by atoms with E-state index in [1.807, 2.05) is 36.4 Å². The first kappa shape index (κ1) is 14.1. The Kier molecular flexibility index (Phi) is 4.01. The van der Waals surface area contributed by atoms with Crippen molar-refractivity contribution in [2.45, 2.75) is 6.54 Å². The van der Waals surface area contributed by atoms with Crippen LogP contribution >= 0.6 is 0 Å². The van der Waals surface area contributed by atoms with Gasteiger partial charge in [-0.3, -0.25) is 9.69 Å². The van der Waals surface area contributed by atoms with Crippen molar-refractivity contribution in [2.24, 2.45) is 0 Å². The number of ether oxygens (including phenoxy) is 1. The van der Waals surface area contributed by atoms with Crippen molar-refractivity contribution in [1.29, 1.82) is 0 Å². The van der Waals surface area contributed by atoms with E-state index in [0.717, 1.165) is 5.56 Å². The van der Waals surface area contributed by atoms with Gasteiger partial charge in [-0.25, -0.2) is 4.79 Å². The van der Waals surface area contributed by atoms with Crippen LogP contribution in [0.5, 0.6) is 0 Å². The molecule has 22 heavy (non-hydrogen) atoms. The number of carbonyl (C=O) groups excluding carboxylic acids is 2. The molecule has 0 spiro atoms. The number of allylic oxidation sites excluding steroid dienone is 1. The first-order valence-corrected chi connectivity index (χ1v) is 7.03. The van der Waals surface area contributed by atoms with E-state index < -0.39 is 6.09 Å². The Balaban J connectivity index is 1.69. The average Bonchev–Trinajstić information content (AvgIpc) is 2.88. The molecule has 0 atom stereocenters. The SMILES string of the molecule is O=C(/C=C1\CN(Cc2ccccc2)C(=O)O1)c1ccccc1. The summed E-state index contributed by atoms with van der Waals surface area (Å²) in [4.78, 5) is 25.5. The predicted octanol–water partition coefficient (Wildman–Crippen LogP) is 3.41. The Bertz CT molecular complexity index is 708. The van der Waals surface area contributed by atoms with E-state index in [1.54, 1.807) is 29.2 Å². The highest BCUT2D eigenvalue weighted by atomic mass is 16.6. The Labute approximate surface area is 128 Å². The van der Waals surface area contributed by atoms with Gasteiger partial charge in [0.1, 0.15) is 5.76 Å². The number of amides is 1. The van der Waals surface area contributed by atoms with Crippen LogP contribution in [0.3, 0.4) is 0 Å². The Morgan fingerprint density at radius 2 is 1.68 bits per heavy atom. The molecule has 4 nitrogen and oxygen atoms in total. The quantitative estimate of drug-likeness (QED) is 0.641. The summed E-state index contributed by atoms with van der Waals surface area (Å²) in [5.74, 6) is 0.222. The molecule has 1 heterocycles. The summed E-state index contributed by atoms with van der Waals surface area (Å²) in [6, 6.07) is 18.6. The highest BCUT2D eigenvalue weighted by molar-refractivity contribution is 6.05. The smallest absolute Gasteiger partial charge is 0.413 e. The summed E-state index contributed by atoms with van der Waals surface area (Å²) in [6.45, 7) is 0.781. The number of ketones is 1. The van der Waals surface area contributed by atoms with E-state index in [9.17, 15) is 9.59 Å². The van der Waals surface area contributed by atoms with Crippen molar-refractivity contribution < 1.29 is 14.3 Å². The number of carbonyl (C=O) groups is 2. The fraction of sp³-hybridized carbons (Fsp3) is 0.111. The average molecular weight is 293 g/mol. The van der Waals surface area contributed by atoms with Crippen molar-refractivity contribution in [1.82, 2.24) is 4.90 Å². The van der Waals surface area contributed by atoms with Crippen LogP contribution in [-0.4, -0.2) is 23.3 Å². The Morgan fingerprint density at radius 1 is 1.05 bits per heavy atom. The molecule has 1 aliphatic rings. The van der Waals surface area contributed by atoms with Gasteiger partial charge >= 0.3 is 6.09 Å². The summed E-state index contributed by atoms with van der Waals surface area (Å²) in [6.07, 6.45) is 0.967. The van der Waals surface area contributed by atoms with Gasteiger partial charge in [-0.05, 0) is 5.56 Å². The van der Waals surface area contributed by atoms with E-state index in [1.165, 1.54) is 6.08 Å². The minimum atomic E-state index is -0.420. The minimum Gasteiger partial charge on any atom is -0.413 e. The normalized spacial score (nSPS) is 15.9. The van der Waals surface area contributed by atoms with Crippen molar-refractivity contribution in [2.75, 3.05) is 6.54 Å². The molecule has 4 heteroatoms. The number of nitrogens with zero attached hydrogens (tertiary/aromatic N) is 1. The van der Waals surface area contributed by atoms with Crippen LogP contribution in [0.4, 0.5) is 4.79 Å². The Morgan fingerprint density at radius 3 is 2.36 bits per heavy atom. The molecule has 110 valence electrons. The first-order chi connectivity index (χ1) is 10.7. The van der Waals surface area contributed by atoms with Crippen molar-refractivity contribution in [3.63, 3.8) is 0 Å². The molecule has 0 bridgehead atoms. The van der Waals surface area contributed by atoms with Crippen LogP contribution < -0.4 is 0 Å². The van der Waals surface area contributed by atoms with Gasteiger partial charge in [0.15, 0.2) is 5.78 Å². The lowest BCUT2D eigenvalue weighted by Crippen LogP contribution is -2.23. The van der Waals surface area contributed by atoms with Crippen molar-refractivity contribution >= 4 is 11.9 Å². The highest BCUT2D eigenvalue weighted by Crippen LogP contribution is 2.18. The van der Waals surface area contributed by atoms with Crippen LogP contribution in [0.25, 0.3) is 0 Å². The molecule has 0 radical (unpaired) electrons. The third kappa shape index (κ3) is 3.23. The molecule has 1 saturated heterocycles. The summed E-state index contributed by atoms with van der Waals surface area (Å²) in [7, 11) is 0. The van der Waals surface area contributed by atoms with Gasteiger partial charge < -0.3 is 4.74 Å². The molecule has 1 fully saturated rings. The van der Waals surface area contributed by atoms with E-state index in [2.05, 4.69) is 0 Å². The third-order valence-corrected chi connectivity index (χ3v) is 3.39. The molecule has 0 saturated carbocycles. The number of cyclic esters (lactones) is 1. The van der Waals surface area contributed by atoms with Crippen LogP contribution in [0, 0.1) is 0 Å². The number of rotatable bonds is 4. The van der Waals surface area contributed by atoms with Crippen molar-refractivity contribution in [3.05, 3.63) is 83.6 Å². The molecule has 0 aliphatic carbocycles. The van der Waals surface area contributed by atoms with E-state index >= 15 is 0 Å². The van der Waals surface area contributed by atoms with Gasteiger partial charge in [-0.1, -0.05) is 60.7 Å². The molecular weight excluding hydrogens is 278 g/mol. The number of benzene rings is 2. The second kappa shape index (κ2) is 6.26. The van der Waals surface area contributed by atoms with E-state index in [4.69, 9.17) is 4.74 Å². The fourth-order valence-corrected chi connectivity index (χ4v) is 2.29. The monoisotopic (exact) mass is 293 g/mol. The van der Waals surface area contributed by atoms with Crippen molar-refractivity contribution in [3.8, 4) is 0 Å². The molecule has 0 unspecified atom stereocenters. The lowest BCUT2D eigenvalue weighted by Gasteiger charge is -2.11. The maximum Gasteiger partial charge on any atom is 0.415 e. The lowest BCUT2D eigenvalue weighted by atomic mass is 10.1. The van der Waals surface area contributed by atoms with Crippen LogP contribution in [0.2, 0.25) is 0 Å². The zero-order chi connectivity index (χ0) is 15.4. The van der Waals surface area contributed by atoms with E-state index in [-0.39, 0.29) is 5.78 Å². The fourth-order valence-electron chi connectivity index (χ4n) is 2.29. The Hall–Kier alpha value is -2.88. The summed E-state index contributed by atoms with van der Waals surface area (Å²) in [5.41, 5.74) is 1.60. The molecule has 1 amide bonds. The number of hydrogen-bond donors (Lipinski definition) is 0. The molecule has 2 aromatic rings. The van der Waals surface area contributed by atoms with Gasteiger partial charge in [-0.15, -0.1) is 0 Å². The van der Waals surface area contributed by atoms with Gasteiger partial charge in [0.25, 0.3) is 0 Å². The highest BCUT2D eigenvalue weighted by Gasteiger charge is 2.27. The van der Waals surface area contributed by atoms with E-state index in [0.29, 0.717) is 24.4 Å². The predicted molar refractivity (Wildman–Crippen MR) is 82.2 cm³/mol. The second-order valence-electron chi connectivity index (χ2n) is 5.05. The van der Waals surface area contributed by atoms with Gasteiger partial charge in [-0.2, -0.15) is 0 Å². The van der Waals surface area contributed by atoms with Gasteiger partial charge in [0.2, 0.25) is 0 Å². The lowest BCUT2D eigenvalue weighted by molar-refractivity contribution is 0.104. The summed E-state index contributed by atoms with van der Waals surface area (Å²) < 4.78 is 5.17. The minimum absolute atomic E-state index is 0.162. The molecule has 1 aliphatic heterocycles. The van der Waals surface area contributed by atoms with Crippen LogP contribution in [0.15, 0.2) is 72.5 Å². The van der Waals surface area contributed by atoms with Crippen LogP contribution in [-0.2, 0) is 11.3 Å². The molecule has 3 rings (SSSR count). The third-order valence-electron chi connectivity index (χ3n) is 3.39. The molecule has 0 aromatic heterocycles. The topological polar surface area (TPSA) is 46.6 Å². The first-order valence-electron chi connectivity index (χ1n) is 7.03. The van der Waals surface area contributed by atoms with Gasteiger partial charge in [0.05, 0.1) is 6.54 Å². The summed E-state index contributed by atoms with van der Waals surface area (Å²) >= 11 is 0. The molecule has 2 aromatic carbocycles. The maximum atomic E-state index is 12.1. The molecule has 0 N–H and O–H groups in total. The second-order valence-corrected chi connectivity index (χ2v) is 5.05. The zero-order valence-corrected chi connectivity index (χ0v) is 11.9. The zero-order valence-electron chi connectivity index (χ0n) is 11.9. The maximum absolute atomic E-state index is 12.1. The standard InChI is InChI=1S/C18H15NO3/c20-17(15-9-5-2-6-10-15)11-16-13-19(18(21)22-16)12-14-7-3-1-4-8-14/h1-11H,12-13H2/b16-11+.